The molecule has 6 atom stereocenters. The van der Waals surface area contributed by atoms with E-state index in [1.165, 1.54) is 0 Å². The number of rotatable bonds is 0. The van der Waals surface area contributed by atoms with Gasteiger partial charge in [0.25, 0.3) is 0 Å². The van der Waals surface area contributed by atoms with Gasteiger partial charge in [0.15, 0.2) is 0 Å². The molecule has 19 heavy (non-hydrogen) atoms. The number of carbonyl (C=O) groups is 1. The van der Waals surface area contributed by atoms with E-state index < -0.39 is 17.1 Å². The molecule has 3 fully saturated rings. The second-order valence-electron chi connectivity index (χ2n) is 6.77. The van der Waals surface area contributed by atoms with Crippen molar-refractivity contribution in [3.63, 3.8) is 0 Å². The molecule has 1 saturated heterocycles. The monoisotopic (exact) mass is 266 g/mol. The summed E-state index contributed by atoms with van der Waals surface area (Å²) in [5.74, 6) is -0.320. The highest BCUT2D eigenvalue weighted by Gasteiger charge is 2.63. The highest BCUT2D eigenvalue weighted by molar-refractivity contribution is 5.75. The predicted octanol–water partition coefficient (Wildman–Crippen LogP) is 1.41. The zero-order valence-corrected chi connectivity index (χ0v) is 11.6. The first-order chi connectivity index (χ1) is 8.79. The minimum Gasteiger partial charge on any atom is -0.462 e. The fraction of sp³-hybridized carbons (Fsp3) is 0.800. The van der Waals surface area contributed by atoms with Crippen LogP contribution >= 0.6 is 0 Å². The summed E-state index contributed by atoms with van der Waals surface area (Å²) in [6, 6.07) is 0. The standard InChI is InChI=1S/C15H22O4/c1-8-4-5-12(16)14(3)7-11-10(6-15(8,14)18)9(2)13(17)19-11/h9-12,16,18H,1,4-7H2,2-3H3. The molecule has 2 N–H and O–H groups in total. The SMILES string of the molecule is C=C1CCC(O)C2(C)CC3OC(=O)C(C)C3CC12O. The van der Waals surface area contributed by atoms with E-state index in [0.717, 1.165) is 5.57 Å². The minimum atomic E-state index is -1.08. The lowest BCUT2D eigenvalue weighted by atomic mass is 9.51. The number of aliphatic hydroxyl groups is 2. The van der Waals surface area contributed by atoms with Gasteiger partial charge in [0.1, 0.15) is 6.10 Å². The normalized spacial score (nSPS) is 53.5. The molecule has 2 saturated carbocycles. The maximum absolute atomic E-state index is 11.7. The molecule has 6 unspecified atom stereocenters. The van der Waals surface area contributed by atoms with Gasteiger partial charge >= 0.3 is 5.97 Å². The predicted molar refractivity (Wildman–Crippen MR) is 69.2 cm³/mol. The Morgan fingerprint density at radius 3 is 2.79 bits per heavy atom. The van der Waals surface area contributed by atoms with Gasteiger partial charge in [-0.2, -0.15) is 0 Å². The van der Waals surface area contributed by atoms with Crippen LogP contribution in [0.25, 0.3) is 0 Å². The van der Waals surface area contributed by atoms with Crippen molar-refractivity contribution in [3.8, 4) is 0 Å². The van der Waals surface area contributed by atoms with Crippen molar-refractivity contribution in [1.82, 2.24) is 0 Å². The van der Waals surface area contributed by atoms with Crippen molar-refractivity contribution < 1.29 is 19.7 Å². The number of hydrogen-bond acceptors (Lipinski definition) is 4. The molecule has 0 aromatic rings. The van der Waals surface area contributed by atoms with E-state index in [1.54, 1.807) is 0 Å². The number of fused-ring (bicyclic) bond motifs is 2. The molecule has 0 aromatic heterocycles. The number of esters is 1. The summed E-state index contributed by atoms with van der Waals surface area (Å²) in [5, 5.41) is 21.5. The van der Waals surface area contributed by atoms with Gasteiger partial charge in [-0.05, 0) is 31.3 Å². The summed E-state index contributed by atoms with van der Waals surface area (Å²) in [6.07, 6.45) is 1.51. The van der Waals surface area contributed by atoms with Gasteiger partial charge in [-0.15, -0.1) is 0 Å². The fourth-order valence-corrected chi connectivity index (χ4v) is 4.30. The van der Waals surface area contributed by atoms with Crippen LogP contribution < -0.4 is 0 Å². The topological polar surface area (TPSA) is 66.8 Å². The molecule has 4 heteroatoms. The molecular formula is C15H22O4. The summed E-state index contributed by atoms with van der Waals surface area (Å²) in [7, 11) is 0. The second kappa shape index (κ2) is 3.83. The molecule has 3 rings (SSSR count). The first-order valence-electron chi connectivity index (χ1n) is 7.09. The molecule has 0 bridgehead atoms. The van der Waals surface area contributed by atoms with Gasteiger partial charge in [-0.1, -0.05) is 20.4 Å². The molecule has 2 aliphatic carbocycles. The fourth-order valence-electron chi connectivity index (χ4n) is 4.30. The number of ether oxygens (including phenoxy) is 1. The van der Waals surface area contributed by atoms with Crippen LogP contribution in [0, 0.1) is 17.3 Å². The third-order valence-electron chi connectivity index (χ3n) is 5.90. The Hall–Kier alpha value is -0.870. The van der Waals surface area contributed by atoms with E-state index in [0.29, 0.717) is 25.7 Å². The van der Waals surface area contributed by atoms with Crippen LogP contribution in [0.5, 0.6) is 0 Å². The summed E-state index contributed by atoms with van der Waals surface area (Å²) >= 11 is 0. The average Bonchev–Trinajstić information content (AvgIpc) is 2.61. The zero-order chi connectivity index (χ0) is 14.0. The molecule has 0 amide bonds. The van der Waals surface area contributed by atoms with Crippen molar-refractivity contribution in [2.24, 2.45) is 17.3 Å². The van der Waals surface area contributed by atoms with Crippen LogP contribution in [-0.4, -0.2) is 34.0 Å². The molecule has 0 spiro atoms. The average molecular weight is 266 g/mol. The lowest BCUT2D eigenvalue weighted by molar-refractivity contribution is -0.188. The van der Waals surface area contributed by atoms with Gasteiger partial charge in [-0.3, -0.25) is 4.79 Å². The summed E-state index contributed by atoms with van der Waals surface area (Å²) in [4.78, 5) is 11.7. The summed E-state index contributed by atoms with van der Waals surface area (Å²) in [6.45, 7) is 7.78. The van der Waals surface area contributed by atoms with Crippen LogP contribution in [0.4, 0.5) is 0 Å². The van der Waals surface area contributed by atoms with E-state index in [4.69, 9.17) is 4.74 Å². The Balaban J connectivity index is 2.01. The molecule has 4 nitrogen and oxygen atoms in total. The molecule has 0 radical (unpaired) electrons. The van der Waals surface area contributed by atoms with E-state index in [-0.39, 0.29) is 23.9 Å². The highest BCUT2D eigenvalue weighted by Crippen LogP contribution is 2.59. The first kappa shape index (κ1) is 13.1. The number of aliphatic hydroxyl groups excluding tert-OH is 1. The van der Waals surface area contributed by atoms with E-state index in [9.17, 15) is 15.0 Å². The Bertz CT molecular complexity index is 445. The largest absolute Gasteiger partial charge is 0.462 e. The lowest BCUT2D eigenvalue weighted by Crippen LogP contribution is -2.62. The van der Waals surface area contributed by atoms with Crippen molar-refractivity contribution in [1.29, 1.82) is 0 Å². The summed E-state index contributed by atoms with van der Waals surface area (Å²) < 4.78 is 5.43. The quantitative estimate of drug-likeness (QED) is 0.514. The molecule has 1 aliphatic heterocycles. The van der Waals surface area contributed by atoms with Gasteiger partial charge in [0.05, 0.1) is 17.6 Å². The second-order valence-corrected chi connectivity index (χ2v) is 6.77. The highest BCUT2D eigenvalue weighted by atomic mass is 16.6. The third kappa shape index (κ3) is 1.50. The van der Waals surface area contributed by atoms with Gasteiger partial charge in [-0.25, -0.2) is 0 Å². The van der Waals surface area contributed by atoms with E-state index >= 15 is 0 Å². The molecule has 3 aliphatic rings. The summed E-state index contributed by atoms with van der Waals surface area (Å²) in [5.41, 5.74) is -0.938. The number of carbonyl (C=O) groups excluding carboxylic acids is 1. The smallest absolute Gasteiger partial charge is 0.309 e. The molecule has 0 aromatic carbocycles. The van der Waals surface area contributed by atoms with Crippen molar-refractivity contribution in [2.75, 3.05) is 0 Å². The number of hydrogen-bond donors (Lipinski definition) is 2. The van der Waals surface area contributed by atoms with Crippen LogP contribution in [0.1, 0.15) is 39.5 Å². The van der Waals surface area contributed by atoms with Crippen molar-refractivity contribution in [2.45, 2.75) is 57.3 Å². The Morgan fingerprint density at radius 1 is 1.42 bits per heavy atom. The van der Waals surface area contributed by atoms with Crippen LogP contribution in [0.2, 0.25) is 0 Å². The van der Waals surface area contributed by atoms with Gasteiger partial charge in [0.2, 0.25) is 0 Å². The maximum atomic E-state index is 11.7. The lowest BCUT2D eigenvalue weighted by Gasteiger charge is -2.57. The van der Waals surface area contributed by atoms with Crippen LogP contribution in [0.15, 0.2) is 12.2 Å². The first-order valence-corrected chi connectivity index (χ1v) is 7.09. The van der Waals surface area contributed by atoms with Crippen LogP contribution in [-0.2, 0) is 9.53 Å². The van der Waals surface area contributed by atoms with E-state index in [2.05, 4.69) is 6.58 Å². The Morgan fingerprint density at radius 2 is 2.11 bits per heavy atom. The van der Waals surface area contributed by atoms with Gasteiger partial charge in [0, 0.05) is 11.3 Å². The molecule has 1 heterocycles. The third-order valence-corrected chi connectivity index (χ3v) is 5.90. The minimum absolute atomic E-state index is 0.0348. The Labute approximate surface area is 113 Å². The van der Waals surface area contributed by atoms with Gasteiger partial charge < -0.3 is 14.9 Å². The van der Waals surface area contributed by atoms with Crippen molar-refractivity contribution in [3.05, 3.63) is 12.2 Å². The zero-order valence-electron chi connectivity index (χ0n) is 11.6. The maximum Gasteiger partial charge on any atom is 0.309 e. The van der Waals surface area contributed by atoms with Crippen LogP contribution in [0.3, 0.4) is 0 Å². The Kier molecular flexibility index (Phi) is 2.64. The van der Waals surface area contributed by atoms with Crippen molar-refractivity contribution >= 4 is 5.97 Å². The molecule has 106 valence electrons. The molecular weight excluding hydrogens is 244 g/mol. The van der Waals surface area contributed by atoms with E-state index in [1.807, 2.05) is 13.8 Å².